The highest BCUT2D eigenvalue weighted by Gasteiger charge is 2.12. The van der Waals surface area contributed by atoms with Crippen molar-refractivity contribution < 1.29 is 4.74 Å². The molecule has 0 saturated carbocycles. The van der Waals surface area contributed by atoms with E-state index in [9.17, 15) is 0 Å². The molecule has 0 aliphatic carbocycles. The molecular formula is C16H25N3O. The molecule has 4 nitrogen and oxygen atoms in total. The first-order chi connectivity index (χ1) is 9.81. The Labute approximate surface area is 121 Å². The Hall–Kier alpha value is -1.23. The van der Waals surface area contributed by atoms with E-state index in [0.29, 0.717) is 0 Å². The fraction of sp³-hybridized carbons (Fsp3) is 0.562. The Balaban J connectivity index is 1.82. The van der Waals surface area contributed by atoms with Crippen LogP contribution in [0, 0.1) is 0 Å². The number of ether oxygens (including phenoxy) is 1. The van der Waals surface area contributed by atoms with Crippen LogP contribution in [0.3, 0.4) is 0 Å². The molecule has 20 heavy (non-hydrogen) atoms. The molecule has 0 bridgehead atoms. The van der Waals surface area contributed by atoms with E-state index in [1.54, 1.807) is 7.11 Å². The van der Waals surface area contributed by atoms with Gasteiger partial charge >= 0.3 is 0 Å². The number of hydrogen-bond acceptors (Lipinski definition) is 4. The molecule has 1 aliphatic rings. The van der Waals surface area contributed by atoms with Crippen molar-refractivity contribution in [2.45, 2.75) is 26.4 Å². The average molecular weight is 275 g/mol. The summed E-state index contributed by atoms with van der Waals surface area (Å²) in [7, 11) is 1.76. The van der Waals surface area contributed by atoms with Gasteiger partial charge in [0.2, 0.25) is 0 Å². The molecule has 0 atom stereocenters. The Morgan fingerprint density at radius 3 is 2.90 bits per heavy atom. The van der Waals surface area contributed by atoms with Crippen LogP contribution in [0.4, 0.5) is 0 Å². The molecule has 0 fully saturated rings. The molecule has 1 aromatic rings. The van der Waals surface area contributed by atoms with E-state index in [4.69, 9.17) is 4.74 Å². The number of hydrogen-bond donors (Lipinski definition) is 1. The zero-order valence-electron chi connectivity index (χ0n) is 12.6. The van der Waals surface area contributed by atoms with Crippen LogP contribution in [0.25, 0.3) is 0 Å². The first kappa shape index (κ1) is 15.2. The molecule has 2 heterocycles. The van der Waals surface area contributed by atoms with Gasteiger partial charge in [-0.2, -0.15) is 0 Å². The summed E-state index contributed by atoms with van der Waals surface area (Å²) in [6.45, 7) is 7.80. The second-order valence-corrected chi connectivity index (χ2v) is 5.22. The molecular weight excluding hydrogens is 250 g/mol. The fourth-order valence-electron chi connectivity index (χ4n) is 2.37. The maximum Gasteiger partial charge on any atom is 0.0673 e. The summed E-state index contributed by atoms with van der Waals surface area (Å²) in [6, 6.07) is 4.31. The summed E-state index contributed by atoms with van der Waals surface area (Å²) in [5.74, 6) is 0. The highest BCUT2D eigenvalue weighted by Crippen LogP contribution is 2.13. The van der Waals surface area contributed by atoms with Crippen molar-refractivity contribution in [1.82, 2.24) is 15.2 Å². The lowest BCUT2D eigenvalue weighted by molar-refractivity contribution is 0.210. The van der Waals surface area contributed by atoms with Gasteiger partial charge in [-0.25, -0.2) is 0 Å². The van der Waals surface area contributed by atoms with Gasteiger partial charge in [0.15, 0.2) is 0 Å². The quantitative estimate of drug-likeness (QED) is 0.772. The maximum absolute atomic E-state index is 5.18. The normalized spacial score (nSPS) is 16.2. The van der Waals surface area contributed by atoms with E-state index >= 15 is 0 Å². The Kier molecular flexibility index (Phi) is 6.18. The van der Waals surface area contributed by atoms with E-state index in [2.05, 4.69) is 40.3 Å². The molecule has 1 N–H and O–H groups in total. The van der Waals surface area contributed by atoms with E-state index in [-0.39, 0.29) is 0 Å². The van der Waals surface area contributed by atoms with Gasteiger partial charge in [0.05, 0.1) is 12.3 Å². The second kappa shape index (κ2) is 8.15. The van der Waals surface area contributed by atoms with Gasteiger partial charge in [-0.3, -0.25) is 9.88 Å². The first-order valence-electron chi connectivity index (χ1n) is 7.35. The minimum absolute atomic E-state index is 0.769. The summed E-state index contributed by atoms with van der Waals surface area (Å²) in [6.07, 6.45) is 5.37. The Morgan fingerprint density at radius 1 is 1.40 bits per heavy atom. The standard InChI is InChI=1S/C16H25N3O/c1-3-17-10-15-4-5-16(18-11-15)12-19-8-6-14(7-9-19)13-20-2/h4-6,11,17H,3,7-10,12-13H2,1-2H3. The summed E-state index contributed by atoms with van der Waals surface area (Å²) in [5.41, 5.74) is 3.81. The van der Waals surface area contributed by atoms with Gasteiger partial charge in [-0.1, -0.05) is 19.1 Å². The van der Waals surface area contributed by atoms with E-state index in [1.165, 1.54) is 11.1 Å². The van der Waals surface area contributed by atoms with Crippen LogP contribution in [-0.4, -0.2) is 43.2 Å². The fourth-order valence-corrected chi connectivity index (χ4v) is 2.37. The third-order valence-corrected chi connectivity index (χ3v) is 3.57. The van der Waals surface area contributed by atoms with Gasteiger partial charge in [0, 0.05) is 39.5 Å². The average Bonchev–Trinajstić information content (AvgIpc) is 2.49. The summed E-state index contributed by atoms with van der Waals surface area (Å²) >= 11 is 0. The van der Waals surface area contributed by atoms with Crippen molar-refractivity contribution in [1.29, 1.82) is 0 Å². The van der Waals surface area contributed by atoms with Crippen molar-refractivity contribution in [3.8, 4) is 0 Å². The van der Waals surface area contributed by atoms with E-state index in [0.717, 1.165) is 51.4 Å². The highest BCUT2D eigenvalue weighted by molar-refractivity contribution is 5.15. The lowest BCUT2D eigenvalue weighted by atomic mass is 10.1. The van der Waals surface area contributed by atoms with Crippen molar-refractivity contribution in [2.24, 2.45) is 0 Å². The lowest BCUT2D eigenvalue weighted by Gasteiger charge is -2.25. The molecule has 4 heteroatoms. The van der Waals surface area contributed by atoms with Crippen molar-refractivity contribution >= 4 is 0 Å². The van der Waals surface area contributed by atoms with E-state index in [1.807, 2.05) is 6.20 Å². The minimum Gasteiger partial charge on any atom is -0.380 e. The van der Waals surface area contributed by atoms with Crippen molar-refractivity contribution in [2.75, 3.05) is 33.4 Å². The number of nitrogens with zero attached hydrogens (tertiary/aromatic N) is 2. The SMILES string of the molecule is CCNCc1ccc(CN2CC=C(COC)CC2)nc1. The van der Waals surface area contributed by atoms with Gasteiger partial charge in [0.25, 0.3) is 0 Å². The molecule has 0 saturated heterocycles. The van der Waals surface area contributed by atoms with Gasteiger partial charge in [-0.15, -0.1) is 0 Å². The molecule has 0 radical (unpaired) electrons. The minimum atomic E-state index is 0.769. The third kappa shape index (κ3) is 4.71. The molecule has 0 amide bonds. The van der Waals surface area contributed by atoms with Crippen LogP contribution in [0.15, 0.2) is 30.0 Å². The number of rotatable bonds is 7. The number of nitrogens with one attached hydrogen (secondary N) is 1. The van der Waals surface area contributed by atoms with Crippen LogP contribution < -0.4 is 5.32 Å². The Bertz CT molecular complexity index is 428. The largest absolute Gasteiger partial charge is 0.380 e. The molecule has 1 aromatic heterocycles. The Morgan fingerprint density at radius 2 is 2.30 bits per heavy atom. The highest BCUT2D eigenvalue weighted by atomic mass is 16.5. The predicted octanol–water partition coefficient (Wildman–Crippen LogP) is 1.97. The smallest absolute Gasteiger partial charge is 0.0673 e. The van der Waals surface area contributed by atoms with E-state index < -0.39 is 0 Å². The zero-order valence-corrected chi connectivity index (χ0v) is 12.6. The molecule has 0 unspecified atom stereocenters. The van der Waals surface area contributed by atoms with Crippen LogP contribution in [-0.2, 0) is 17.8 Å². The number of pyridine rings is 1. The van der Waals surface area contributed by atoms with Crippen LogP contribution in [0.2, 0.25) is 0 Å². The van der Waals surface area contributed by atoms with Crippen molar-refractivity contribution in [3.63, 3.8) is 0 Å². The first-order valence-corrected chi connectivity index (χ1v) is 7.35. The molecule has 1 aliphatic heterocycles. The van der Waals surface area contributed by atoms with Crippen molar-refractivity contribution in [3.05, 3.63) is 41.2 Å². The van der Waals surface area contributed by atoms with Crippen LogP contribution in [0.1, 0.15) is 24.6 Å². The summed E-state index contributed by atoms with van der Waals surface area (Å²) in [5, 5.41) is 3.31. The van der Waals surface area contributed by atoms with Gasteiger partial charge in [-0.05, 0) is 30.2 Å². The summed E-state index contributed by atoms with van der Waals surface area (Å²) < 4.78 is 5.18. The predicted molar refractivity (Wildman–Crippen MR) is 81.5 cm³/mol. The molecule has 110 valence electrons. The van der Waals surface area contributed by atoms with Crippen LogP contribution >= 0.6 is 0 Å². The van der Waals surface area contributed by atoms with Gasteiger partial charge in [0.1, 0.15) is 0 Å². The molecule has 0 aromatic carbocycles. The zero-order chi connectivity index (χ0) is 14.2. The topological polar surface area (TPSA) is 37.4 Å². The maximum atomic E-state index is 5.18. The second-order valence-electron chi connectivity index (χ2n) is 5.22. The van der Waals surface area contributed by atoms with Gasteiger partial charge < -0.3 is 10.1 Å². The number of methoxy groups -OCH3 is 1. The molecule has 0 spiro atoms. The molecule has 2 rings (SSSR count). The lowest BCUT2D eigenvalue weighted by Crippen LogP contribution is -2.29. The monoisotopic (exact) mass is 275 g/mol. The third-order valence-electron chi connectivity index (χ3n) is 3.57. The summed E-state index contributed by atoms with van der Waals surface area (Å²) in [4.78, 5) is 6.98. The van der Waals surface area contributed by atoms with Crippen LogP contribution in [0.5, 0.6) is 0 Å². The number of aromatic nitrogens is 1.